The Hall–Kier alpha value is -7.75. The number of carbonyl (C=O) groups is 8. The van der Waals surface area contributed by atoms with E-state index in [4.69, 9.17) is 5.73 Å². The predicted octanol–water partition coefficient (Wildman–Crippen LogP) is -0.688. The highest BCUT2D eigenvalue weighted by molar-refractivity contribution is 8.76. The number of aromatic nitrogens is 4. The number of hydrogen-bond donors (Lipinski definition) is 14. The molecule has 0 radical (unpaired) electrons. The Morgan fingerprint density at radius 2 is 1.43 bits per heavy atom. The van der Waals surface area contributed by atoms with Gasteiger partial charge in [-0.05, 0) is 74.5 Å². The molecule has 2 aromatic heterocycles. The van der Waals surface area contributed by atoms with Gasteiger partial charge in [-0.3, -0.25) is 38.4 Å². The van der Waals surface area contributed by atoms with Crippen molar-refractivity contribution >= 4 is 86.7 Å². The molecule has 5 aromatic rings. The van der Waals surface area contributed by atoms with Crippen LogP contribution in [0.3, 0.4) is 0 Å². The largest absolute Gasteiger partial charge is 0.531 e. The standard InChI is InChI=1S/C57H78BF3N14O12S2/c1-33(77)46(29-76)68-56(86)48-31-89-88-30-47(69-52(82)43(22-35-12-6-5-7-13-35)64-49(80)27-74-26-38(72-73-74)28-75(3,4)32-58(59,60)61)55(85)66-44(23-36-17-19-39(79)20-18-36)53(83)67-45(24-37-25-63-41-15-9-8-14-40(37)41)54(84)65-42(16-10-11-21-62)51(81)71-50(34(2)78)57(87)70-48/h5-9,12-15,17-20,25-26,33-34,42-48,50,63,76-79H,10-11,16,21-24,27-32,62H2,1-4H3,(H,64,80)(H,65,84)(H,66,85)(H,67,83)(H,68,86)(H,69,82)(H,70,87)(H,71,81)/t33?,34-,42+,43-,44+,45-,46+,47-,48-,50+/m1/s1. The molecule has 89 heavy (non-hydrogen) atoms. The molecule has 0 spiro atoms. The Labute approximate surface area is 519 Å². The number of aromatic amines is 1. The number of nitrogens with zero attached hydrogens (tertiary/aromatic N) is 4. The van der Waals surface area contributed by atoms with E-state index in [1.807, 2.05) is 0 Å². The maximum Gasteiger partial charge on any atom is 0.531 e. The first-order valence-corrected chi connectivity index (χ1v) is 31.3. The minimum absolute atomic E-state index is 0.0435. The van der Waals surface area contributed by atoms with Crippen LogP contribution in [-0.2, 0) is 70.7 Å². The molecule has 10 atom stereocenters. The van der Waals surface area contributed by atoms with Crippen molar-refractivity contribution in [2.24, 2.45) is 5.73 Å². The number of benzene rings is 3. The zero-order valence-corrected chi connectivity index (χ0v) is 51.2. The van der Waals surface area contributed by atoms with Crippen molar-refractivity contribution < 1.29 is 76.2 Å². The molecule has 0 saturated carbocycles. The molecule has 6 rings (SSSR count). The van der Waals surface area contributed by atoms with Gasteiger partial charge in [-0.2, -0.15) is 0 Å². The van der Waals surface area contributed by atoms with Crippen molar-refractivity contribution in [2.75, 3.05) is 45.2 Å². The Balaban J connectivity index is 1.40. The number of phenolic OH excluding ortho intramolecular Hbond substituents is 1. The molecule has 1 saturated heterocycles. The van der Waals surface area contributed by atoms with Crippen LogP contribution < -0.4 is 48.3 Å². The van der Waals surface area contributed by atoms with Crippen molar-refractivity contribution in [3.63, 3.8) is 0 Å². The Morgan fingerprint density at radius 3 is 2.09 bits per heavy atom. The summed E-state index contributed by atoms with van der Waals surface area (Å²) in [6.07, 6.45) is -1.00. The number of nitrogens with two attached hydrogens (primary N) is 1. The number of quaternary nitrogens is 1. The highest BCUT2D eigenvalue weighted by atomic mass is 33.1. The molecule has 26 nitrogen and oxygen atoms in total. The van der Waals surface area contributed by atoms with Gasteiger partial charge in [0.25, 0.3) is 0 Å². The normalized spacial score (nSPS) is 21.0. The molecular weight excluding hydrogens is 1200 g/mol. The fraction of sp³-hybridized carbons (Fsp3) is 0.474. The minimum atomic E-state index is -5.15. The third-order valence-corrected chi connectivity index (χ3v) is 16.8. The van der Waals surface area contributed by atoms with E-state index in [-0.39, 0.29) is 68.1 Å². The molecule has 32 heteroatoms. The first kappa shape index (κ1) is 70.3. The van der Waals surface area contributed by atoms with Gasteiger partial charge in [0.15, 0.2) is 0 Å². The van der Waals surface area contributed by atoms with Gasteiger partial charge in [0.1, 0.15) is 66.8 Å². The molecule has 3 heterocycles. The summed E-state index contributed by atoms with van der Waals surface area (Å²) in [5.74, 6) is -8.16. The predicted molar refractivity (Wildman–Crippen MR) is 327 cm³/mol. The molecule has 1 fully saturated rings. The van der Waals surface area contributed by atoms with Crippen LogP contribution in [0.1, 0.15) is 55.5 Å². The zero-order chi connectivity index (χ0) is 65.0. The summed E-state index contributed by atoms with van der Waals surface area (Å²) in [7, 11) is 4.56. The average Bonchev–Trinajstić information content (AvgIpc) is 2.80. The second-order valence-corrected chi connectivity index (χ2v) is 25.1. The number of fused-ring (bicyclic) bond motifs is 1. The highest BCUT2D eigenvalue weighted by Gasteiger charge is 2.38. The van der Waals surface area contributed by atoms with E-state index in [1.54, 1.807) is 60.8 Å². The lowest BCUT2D eigenvalue weighted by Crippen LogP contribution is -2.62. The lowest BCUT2D eigenvalue weighted by atomic mass is 9.90. The molecule has 0 aliphatic carbocycles. The van der Waals surface area contributed by atoms with E-state index >= 15 is 9.59 Å². The monoisotopic (exact) mass is 1280 g/mol. The molecule has 1 aliphatic rings. The number of aromatic hydroxyl groups is 1. The van der Waals surface area contributed by atoms with Crippen LogP contribution in [0.15, 0.2) is 91.3 Å². The number of rotatable bonds is 24. The third-order valence-electron chi connectivity index (χ3n) is 14.4. The van der Waals surface area contributed by atoms with Crippen molar-refractivity contribution in [3.8, 4) is 5.75 Å². The maximum absolute atomic E-state index is 15.1. The second-order valence-electron chi connectivity index (χ2n) is 22.6. The van der Waals surface area contributed by atoms with Crippen molar-refractivity contribution in [1.29, 1.82) is 0 Å². The number of hydrogen-bond acceptors (Lipinski definition) is 17. The first-order chi connectivity index (χ1) is 42.2. The lowest BCUT2D eigenvalue weighted by molar-refractivity contribution is -0.895. The van der Waals surface area contributed by atoms with Gasteiger partial charge >= 0.3 is 6.98 Å². The number of unbranched alkanes of at least 4 members (excludes halogenated alkanes) is 1. The summed E-state index contributed by atoms with van der Waals surface area (Å²) in [5.41, 5.74) is 8.22. The van der Waals surface area contributed by atoms with Crippen molar-refractivity contribution in [3.05, 3.63) is 114 Å². The van der Waals surface area contributed by atoms with E-state index in [0.717, 1.165) is 26.3 Å². The minimum Gasteiger partial charge on any atom is -0.508 e. The Bertz CT molecular complexity index is 3200. The molecule has 0 bridgehead atoms. The Kier molecular flexibility index (Phi) is 26.2. The summed E-state index contributed by atoms with van der Waals surface area (Å²) in [4.78, 5) is 119. The Morgan fingerprint density at radius 1 is 0.787 bits per heavy atom. The summed E-state index contributed by atoms with van der Waals surface area (Å²) >= 11 is 0. The van der Waals surface area contributed by atoms with E-state index < -0.39 is 139 Å². The van der Waals surface area contributed by atoms with Gasteiger partial charge in [-0.25, -0.2) is 4.68 Å². The molecular formula is C57H78BF3N14O12S2. The van der Waals surface area contributed by atoms with E-state index in [1.165, 1.54) is 58.4 Å². The highest BCUT2D eigenvalue weighted by Crippen LogP contribution is 2.25. The molecule has 1 unspecified atom stereocenters. The number of aliphatic hydroxyl groups is 3. The first-order valence-electron chi connectivity index (χ1n) is 28.8. The van der Waals surface area contributed by atoms with Crippen LogP contribution in [0, 0.1) is 0 Å². The van der Waals surface area contributed by atoms with Crippen LogP contribution in [0.4, 0.5) is 12.9 Å². The van der Waals surface area contributed by atoms with Gasteiger partial charge in [-0.1, -0.05) is 87.5 Å². The van der Waals surface area contributed by atoms with Crippen LogP contribution in [0.25, 0.3) is 10.9 Å². The van der Waals surface area contributed by atoms with Gasteiger partial charge in [0.2, 0.25) is 47.3 Å². The summed E-state index contributed by atoms with van der Waals surface area (Å²) < 4.78 is 40.8. The van der Waals surface area contributed by atoms with Crippen LogP contribution >= 0.6 is 21.6 Å². The van der Waals surface area contributed by atoms with Crippen LogP contribution in [-0.4, -0.2) is 205 Å². The number of phenols is 1. The van der Waals surface area contributed by atoms with E-state index in [9.17, 15) is 62.1 Å². The zero-order valence-electron chi connectivity index (χ0n) is 49.6. The van der Waals surface area contributed by atoms with Gasteiger partial charge in [0.05, 0.1) is 51.6 Å². The number of halogens is 3. The van der Waals surface area contributed by atoms with Crippen molar-refractivity contribution in [1.82, 2.24) is 62.5 Å². The topological polar surface area (TPSA) is 386 Å². The fourth-order valence-electron chi connectivity index (χ4n) is 9.78. The molecule has 1 aliphatic heterocycles. The molecule has 3 aromatic carbocycles. The van der Waals surface area contributed by atoms with Crippen LogP contribution in [0.2, 0.25) is 0 Å². The lowest BCUT2D eigenvalue weighted by Gasteiger charge is -2.33. The molecule has 484 valence electrons. The number of carbonyl (C=O) groups excluding carboxylic acids is 8. The molecule has 15 N–H and O–H groups in total. The van der Waals surface area contributed by atoms with E-state index in [2.05, 4.69) is 57.8 Å². The smallest absolute Gasteiger partial charge is 0.508 e. The summed E-state index contributed by atoms with van der Waals surface area (Å²) in [6.45, 7) is -3.85. The number of H-pyrrole nitrogens is 1. The van der Waals surface area contributed by atoms with Gasteiger partial charge in [0, 0.05) is 47.9 Å². The quantitative estimate of drug-likeness (QED) is 0.0157. The van der Waals surface area contributed by atoms with Crippen molar-refractivity contribution in [2.45, 2.75) is 126 Å². The average molecular weight is 1280 g/mol. The summed E-state index contributed by atoms with van der Waals surface area (Å²) in [5, 5.41) is 71.3. The SMILES string of the molecule is CC(O)[C@H](CO)NC(=O)[C@H]1CSSC[C@@H](NC(=O)[C@@H](Cc2ccccc2)NC(=O)Cn2cc(C[N+](C)(C)C[B-](F)(F)F)nn2)C(=O)N[C@@H](Cc2ccc(O)cc2)C(=O)N[C@H](Cc2c[nH]c3ccccc23)C(=O)N[C@@H](CCCCN)C(=O)N[C@@H]([C@@H](C)O)C(=O)N1. The van der Waals surface area contributed by atoms with Gasteiger partial charge in [-0.15, -0.1) is 5.10 Å². The van der Waals surface area contributed by atoms with Gasteiger partial charge < -0.3 is 91.1 Å². The second kappa shape index (κ2) is 33.2. The number of aliphatic hydroxyl groups excluding tert-OH is 3. The molecule has 8 amide bonds. The number of para-hydroxylation sites is 1. The van der Waals surface area contributed by atoms with Crippen LogP contribution in [0.5, 0.6) is 5.75 Å². The number of amides is 8. The maximum atomic E-state index is 15.1. The van der Waals surface area contributed by atoms with E-state index in [0.29, 0.717) is 34.0 Å². The summed E-state index contributed by atoms with van der Waals surface area (Å²) in [6, 6.07) is 9.34. The third kappa shape index (κ3) is 22.4. The number of nitrogens with one attached hydrogen (secondary N) is 9. The fourth-order valence-corrected chi connectivity index (χ4v) is 12.1.